The van der Waals surface area contributed by atoms with Crippen LogP contribution in [0.1, 0.15) is 12.0 Å². The molecule has 6 heteroatoms. The molecule has 0 bridgehead atoms. The number of hydrogen-bond donors (Lipinski definition) is 0. The Morgan fingerprint density at radius 1 is 1.42 bits per heavy atom. The number of nitrogens with zero attached hydrogens (tertiary/aromatic N) is 3. The average molecular weight is 338 g/mol. The second-order valence-corrected chi connectivity index (χ2v) is 6.82. The van der Waals surface area contributed by atoms with Crippen LogP contribution in [-0.4, -0.2) is 27.5 Å². The van der Waals surface area contributed by atoms with Gasteiger partial charge in [0.05, 0.1) is 0 Å². The zero-order valence-corrected chi connectivity index (χ0v) is 12.7. The molecule has 98 valence electrons. The fourth-order valence-corrected chi connectivity index (χ4v) is 3.50. The maximum absolute atomic E-state index is 11.8. The number of aryl methyl sites for hydroxylation is 1. The number of carbonyl (C=O) groups excluding carboxylic acids is 1. The molecule has 2 heterocycles. The van der Waals surface area contributed by atoms with Gasteiger partial charge < -0.3 is 0 Å². The molecular formula is C13H12BrN3OS. The van der Waals surface area contributed by atoms with Crippen LogP contribution in [0, 0.1) is 6.92 Å². The van der Waals surface area contributed by atoms with Gasteiger partial charge in [-0.15, -0.1) is 10.2 Å². The zero-order valence-electron chi connectivity index (χ0n) is 10.3. The van der Waals surface area contributed by atoms with Crippen molar-refractivity contribution in [2.45, 2.75) is 18.2 Å². The van der Waals surface area contributed by atoms with E-state index in [0.717, 1.165) is 10.6 Å². The molecule has 1 unspecified atom stereocenters. The molecule has 0 spiro atoms. The molecule has 0 saturated carbocycles. The zero-order chi connectivity index (χ0) is 13.4. The maximum atomic E-state index is 11.8. The molecule has 3 rings (SSSR count). The monoisotopic (exact) mass is 337 g/mol. The Balaban J connectivity index is 1.90. The third-order valence-electron chi connectivity index (χ3n) is 2.99. The molecule has 1 fully saturated rings. The van der Waals surface area contributed by atoms with Crippen molar-refractivity contribution < 1.29 is 4.79 Å². The highest BCUT2D eigenvalue weighted by atomic mass is 79.9. The van der Waals surface area contributed by atoms with Gasteiger partial charge in [-0.05, 0) is 13.0 Å². The van der Waals surface area contributed by atoms with Crippen molar-refractivity contribution in [3.05, 3.63) is 29.8 Å². The number of alkyl halides is 1. The fraction of sp³-hybridized carbons (Fsp3) is 0.308. The van der Waals surface area contributed by atoms with Crippen LogP contribution in [0.3, 0.4) is 0 Å². The van der Waals surface area contributed by atoms with Gasteiger partial charge in [-0.2, -0.15) is 0 Å². The summed E-state index contributed by atoms with van der Waals surface area (Å²) in [6.07, 6.45) is 0.527. The number of carbonyl (C=O) groups is 1. The number of anilines is 1. The largest absolute Gasteiger partial charge is 0.285 e. The molecule has 1 aromatic heterocycles. The van der Waals surface area contributed by atoms with Crippen molar-refractivity contribution in [1.29, 1.82) is 0 Å². The van der Waals surface area contributed by atoms with E-state index in [1.165, 1.54) is 16.9 Å². The van der Waals surface area contributed by atoms with Crippen LogP contribution in [0.5, 0.6) is 0 Å². The molecule has 0 aliphatic carbocycles. The van der Waals surface area contributed by atoms with Crippen LogP contribution in [0.15, 0.2) is 24.3 Å². The Bertz CT molecular complexity index is 628. The van der Waals surface area contributed by atoms with Crippen LogP contribution < -0.4 is 4.90 Å². The first-order valence-electron chi connectivity index (χ1n) is 5.98. The van der Waals surface area contributed by atoms with Gasteiger partial charge in [0.15, 0.2) is 0 Å². The minimum absolute atomic E-state index is 0.105. The first-order chi connectivity index (χ1) is 9.13. The van der Waals surface area contributed by atoms with Crippen molar-refractivity contribution >= 4 is 38.3 Å². The first kappa shape index (κ1) is 12.7. The van der Waals surface area contributed by atoms with E-state index in [0.29, 0.717) is 18.1 Å². The van der Waals surface area contributed by atoms with Crippen LogP contribution in [0.4, 0.5) is 5.13 Å². The van der Waals surface area contributed by atoms with Crippen LogP contribution in [-0.2, 0) is 4.79 Å². The van der Waals surface area contributed by atoms with Gasteiger partial charge >= 0.3 is 0 Å². The third kappa shape index (κ3) is 2.55. The van der Waals surface area contributed by atoms with E-state index in [1.54, 1.807) is 4.90 Å². The number of rotatable bonds is 2. The Kier molecular flexibility index (Phi) is 3.36. The van der Waals surface area contributed by atoms with Crippen LogP contribution in [0.25, 0.3) is 10.6 Å². The lowest BCUT2D eigenvalue weighted by atomic mass is 10.1. The Morgan fingerprint density at radius 3 is 2.95 bits per heavy atom. The molecule has 1 aromatic carbocycles. The Morgan fingerprint density at radius 2 is 2.26 bits per heavy atom. The molecule has 1 amide bonds. The number of hydrogen-bond acceptors (Lipinski definition) is 4. The van der Waals surface area contributed by atoms with Crippen LogP contribution >= 0.6 is 27.3 Å². The van der Waals surface area contributed by atoms with Crippen molar-refractivity contribution in [2.24, 2.45) is 0 Å². The summed E-state index contributed by atoms with van der Waals surface area (Å²) >= 11 is 4.93. The van der Waals surface area contributed by atoms with Crippen molar-refractivity contribution in [2.75, 3.05) is 11.4 Å². The molecule has 0 radical (unpaired) electrons. The quantitative estimate of drug-likeness (QED) is 0.791. The second kappa shape index (κ2) is 5.02. The minimum atomic E-state index is 0.105. The predicted molar refractivity (Wildman–Crippen MR) is 79.8 cm³/mol. The SMILES string of the molecule is Cc1cccc(-c2nnc(N3CC(Br)CC3=O)s2)c1. The van der Waals surface area contributed by atoms with Gasteiger partial charge in [0.2, 0.25) is 11.0 Å². The normalized spacial score (nSPS) is 19.2. The van der Waals surface area contributed by atoms with Crippen LogP contribution in [0.2, 0.25) is 0 Å². The Labute approximate surface area is 123 Å². The highest BCUT2D eigenvalue weighted by molar-refractivity contribution is 9.09. The highest BCUT2D eigenvalue weighted by Crippen LogP contribution is 2.32. The number of aromatic nitrogens is 2. The lowest BCUT2D eigenvalue weighted by Crippen LogP contribution is -2.24. The van der Waals surface area contributed by atoms with Gasteiger partial charge in [0.1, 0.15) is 5.01 Å². The fourth-order valence-electron chi connectivity index (χ4n) is 2.07. The molecule has 1 atom stereocenters. The third-order valence-corrected chi connectivity index (χ3v) is 4.60. The van der Waals surface area contributed by atoms with Crippen molar-refractivity contribution in [1.82, 2.24) is 10.2 Å². The lowest BCUT2D eigenvalue weighted by molar-refractivity contribution is -0.117. The summed E-state index contributed by atoms with van der Waals surface area (Å²) in [6, 6.07) is 8.13. The standard InChI is InChI=1S/C13H12BrN3OS/c1-8-3-2-4-9(5-8)12-15-16-13(19-12)17-7-10(14)6-11(17)18/h2-5,10H,6-7H2,1H3. The van der Waals surface area contributed by atoms with Gasteiger partial charge in [0, 0.05) is 23.4 Å². The molecule has 0 N–H and O–H groups in total. The number of amides is 1. The molecule has 2 aromatic rings. The van der Waals surface area contributed by atoms with E-state index < -0.39 is 0 Å². The summed E-state index contributed by atoms with van der Waals surface area (Å²) in [5.74, 6) is 0.105. The molecule has 1 aliphatic rings. The molecular weight excluding hydrogens is 326 g/mol. The topological polar surface area (TPSA) is 46.1 Å². The summed E-state index contributed by atoms with van der Waals surface area (Å²) in [5, 5.41) is 9.87. The van der Waals surface area contributed by atoms with E-state index in [-0.39, 0.29) is 10.7 Å². The summed E-state index contributed by atoms with van der Waals surface area (Å²) < 4.78 is 0. The maximum Gasteiger partial charge on any atom is 0.230 e. The molecule has 1 saturated heterocycles. The Hall–Kier alpha value is -1.27. The van der Waals surface area contributed by atoms with Crippen molar-refractivity contribution in [3.8, 4) is 10.6 Å². The molecule has 4 nitrogen and oxygen atoms in total. The summed E-state index contributed by atoms with van der Waals surface area (Å²) in [7, 11) is 0. The lowest BCUT2D eigenvalue weighted by Gasteiger charge is -2.09. The summed E-state index contributed by atoms with van der Waals surface area (Å²) in [5.41, 5.74) is 2.23. The van der Waals surface area contributed by atoms with Gasteiger partial charge in [-0.25, -0.2) is 0 Å². The highest BCUT2D eigenvalue weighted by Gasteiger charge is 2.31. The number of halogens is 1. The first-order valence-corrected chi connectivity index (χ1v) is 7.71. The van der Waals surface area contributed by atoms with E-state index in [2.05, 4.69) is 32.2 Å². The van der Waals surface area contributed by atoms with E-state index in [1.807, 2.05) is 25.1 Å². The van der Waals surface area contributed by atoms with E-state index in [9.17, 15) is 4.79 Å². The van der Waals surface area contributed by atoms with Crippen molar-refractivity contribution in [3.63, 3.8) is 0 Å². The average Bonchev–Trinajstić information content (AvgIpc) is 2.96. The smallest absolute Gasteiger partial charge is 0.230 e. The molecule has 19 heavy (non-hydrogen) atoms. The molecule has 1 aliphatic heterocycles. The predicted octanol–water partition coefficient (Wildman–Crippen LogP) is 3.01. The van der Waals surface area contributed by atoms with E-state index in [4.69, 9.17) is 0 Å². The van der Waals surface area contributed by atoms with E-state index >= 15 is 0 Å². The summed E-state index contributed by atoms with van der Waals surface area (Å²) in [6.45, 7) is 2.71. The minimum Gasteiger partial charge on any atom is -0.285 e. The number of benzene rings is 1. The van der Waals surface area contributed by atoms with Gasteiger partial charge in [0.25, 0.3) is 0 Å². The second-order valence-electron chi connectivity index (χ2n) is 4.57. The summed E-state index contributed by atoms with van der Waals surface area (Å²) in [4.78, 5) is 13.7. The van der Waals surface area contributed by atoms with Gasteiger partial charge in [-0.1, -0.05) is 51.0 Å². The van der Waals surface area contributed by atoms with Gasteiger partial charge in [-0.3, -0.25) is 9.69 Å².